The second kappa shape index (κ2) is 6.16. The van der Waals surface area contributed by atoms with Crippen molar-refractivity contribution in [3.63, 3.8) is 0 Å². The standard InChI is InChI=1S/C17H20N2O2/c1-2-12-6-5-7-13(10-12)17(19-18)16-11-20-14-8-3-4-9-15(14)21-16/h3-10,16-17,19H,2,11,18H2,1H3. The molecule has 1 heterocycles. The first-order valence-corrected chi connectivity index (χ1v) is 7.25. The molecule has 3 N–H and O–H groups in total. The molecule has 1 aliphatic rings. The predicted octanol–water partition coefficient (Wildman–Crippen LogP) is 2.59. The van der Waals surface area contributed by atoms with Crippen LogP contribution in [0.15, 0.2) is 48.5 Å². The monoisotopic (exact) mass is 284 g/mol. The maximum Gasteiger partial charge on any atom is 0.161 e. The van der Waals surface area contributed by atoms with Crippen LogP contribution in [-0.4, -0.2) is 12.7 Å². The first-order valence-electron chi connectivity index (χ1n) is 7.25. The number of benzene rings is 2. The molecule has 4 heteroatoms. The molecule has 0 amide bonds. The van der Waals surface area contributed by atoms with E-state index < -0.39 is 0 Å². The van der Waals surface area contributed by atoms with Gasteiger partial charge in [0.1, 0.15) is 6.61 Å². The Morgan fingerprint density at radius 1 is 1.19 bits per heavy atom. The molecule has 0 aromatic heterocycles. The van der Waals surface area contributed by atoms with Gasteiger partial charge in [0.05, 0.1) is 6.04 Å². The van der Waals surface area contributed by atoms with Gasteiger partial charge in [0.2, 0.25) is 0 Å². The first kappa shape index (κ1) is 13.9. The van der Waals surface area contributed by atoms with Crippen molar-refractivity contribution in [3.8, 4) is 11.5 Å². The fraction of sp³-hybridized carbons (Fsp3) is 0.294. The van der Waals surface area contributed by atoms with E-state index >= 15 is 0 Å². The fourth-order valence-corrected chi connectivity index (χ4v) is 2.62. The number of hydrazine groups is 1. The van der Waals surface area contributed by atoms with Crippen LogP contribution in [0.5, 0.6) is 11.5 Å². The van der Waals surface area contributed by atoms with Crippen LogP contribution in [0.1, 0.15) is 24.1 Å². The molecule has 0 saturated carbocycles. The van der Waals surface area contributed by atoms with Gasteiger partial charge in [0.25, 0.3) is 0 Å². The molecule has 0 bridgehead atoms. The van der Waals surface area contributed by atoms with Crippen molar-refractivity contribution in [2.45, 2.75) is 25.5 Å². The van der Waals surface area contributed by atoms with Gasteiger partial charge in [-0.15, -0.1) is 0 Å². The van der Waals surface area contributed by atoms with Gasteiger partial charge >= 0.3 is 0 Å². The van der Waals surface area contributed by atoms with Crippen molar-refractivity contribution in [1.29, 1.82) is 0 Å². The number of ether oxygens (including phenoxy) is 2. The number of fused-ring (bicyclic) bond motifs is 1. The van der Waals surface area contributed by atoms with Gasteiger partial charge in [0.15, 0.2) is 17.6 Å². The molecule has 3 rings (SSSR count). The minimum absolute atomic E-state index is 0.107. The molecule has 110 valence electrons. The molecule has 0 aliphatic carbocycles. The Morgan fingerprint density at radius 3 is 2.76 bits per heavy atom. The number of rotatable bonds is 4. The Balaban J connectivity index is 1.84. The molecule has 2 atom stereocenters. The Morgan fingerprint density at radius 2 is 2.00 bits per heavy atom. The second-order valence-corrected chi connectivity index (χ2v) is 5.16. The van der Waals surface area contributed by atoms with Crippen LogP contribution in [0, 0.1) is 0 Å². The molecule has 0 fully saturated rings. The van der Waals surface area contributed by atoms with Gasteiger partial charge in [-0.05, 0) is 29.7 Å². The van der Waals surface area contributed by atoms with E-state index in [9.17, 15) is 0 Å². The molecular formula is C17H20N2O2. The number of para-hydroxylation sites is 2. The highest BCUT2D eigenvalue weighted by atomic mass is 16.6. The highest BCUT2D eigenvalue weighted by molar-refractivity contribution is 5.41. The zero-order valence-corrected chi connectivity index (χ0v) is 12.1. The molecule has 2 aromatic carbocycles. The molecule has 21 heavy (non-hydrogen) atoms. The maximum atomic E-state index is 6.05. The van der Waals surface area contributed by atoms with Crippen LogP contribution in [0.2, 0.25) is 0 Å². The topological polar surface area (TPSA) is 56.5 Å². The van der Waals surface area contributed by atoms with Crippen LogP contribution in [0.3, 0.4) is 0 Å². The zero-order valence-electron chi connectivity index (χ0n) is 12.1. The van der Waals surface area contributed by atoms with Crippen LogP contribution in [0.25, 0.3) is 0 Å². The van der Waals surface area contributed by atoms with Crippen molar-refractivity contribution in [1.82, 2.24) is 5.43 Å². The van der Waals surface area contributed by atoms with Crippen LogP contribution in [0.4, 0.5) is 0 Å². The molecule has 0 radical (unpaired) electrons. The highest BCUT2D eigenvalue weighted by Gasteiger charge is 2.29. The second-order valence-electron chi connectivity index (χ2n) is 5.16. The normalized spacial score (nSPS) is 18.3. The number of nitrogens with one attached hydrogen (secondary N) is 1. The largest absolute Gasteiger partial charge is 0.486 e. The van der Waals surface area contributed by atoms with E-state index in [-0.39, 0.29) is 12.1 Å². The average molecular weight is 284 g/mol. The minimum Gasteiger partial charge on any atom is -0.486 e. The number of nitrogens with two attached hydrogens (primary N) is 1. The molecule has 2 unspecified atom stereocenters. The lowest BCUT2D eigenvalue weighted by atomic mass is 9.99. The zero-order chi connectivity index (χ0) is 14.7. The Labute approximate surface area is 124 Å². The van der Waals surface area contributed by atoms with E-state index in [1.165, 1.54) is 5.56 Å². The summed E-state index contributed by atoms with van der Waals surface area (Å²) < 4.78 is 11.8. The van der Waals surface area contributed by atoms with Crippen molar-refractivity contribution in [2.24, 2.45) is 5.84 Å². The molecule has 0 saturated heterocycles. The Kier molecular flexibility index (Phi) is 4.08. The van der Waals surface area contributed by atoms with Crippen LogP contribution < -0.4 is 20.7 Å². The number of aryl methyl sites for hydroxylation is 1. The summed E-state index contributed by atoms with van der Waals surface area (Å²) >= 11 is 0. The van der Waals surface area contributed by atoms with Gasteiger partial charge < -0.3 is 9.47 Å². The smallest absolute Gasteiger partial charge is 0.161 e. The van der Waals surface area contributed by atoms with Gasteiger partial charge in [-0.2, -0.15) is 0 Å². The summed E-state index contributed by atoms with van der Waals surface area (Å²) in [7, 11) is 0. The highest BCUT2D eigenvalue weighted by Crippen LogP contribution is 2.34. The molecule has 1 aliphatic heterocycles. The number of hydrogen-bond donors (Lipinski definition) is 2. The summed E-state index contributed by atoms with van der Waals surface area (Å²) in [6, 6.07) is 16.0. The number of hydrogen-bond acceptors (Lipinski definition) is 4. The lowest BCUT2D eigenvalue weighted by Crippen LogP contribution is -2.44. The summed E-state index contributed by atoms with van der Waals surface area (Å²) in [4.78, 5) is 0. The third kappa shape index (κ3) is 2.86. The fourth-order valence-electron chi connectivity index (χ4n) is 2.62. The quantitative estimate of drug-likeness (QED) is 0.669. The molecule has 4 nitrogen and oxygen atoms in total. The Hall–Kier alpha value is -2.04. The summed E-state index contributed by atoms with van der Waals surface area (Å²) in [6.45, 7) is 2.61. The van der Waals surface area contributed by atoms with E-state index in [0.29, 0.717) is 6.61 Å². The molecular weight excluding hydrogens is 264 g/mol. The van der Waals surface area contributed by atoms with Gasteiger partial charge in [-0.3, -0.25) is 5.84 Å². The van der Waals surface area contributed by atoms with Crippen molar-refractivity contribution >= 4 is 0 Å². The molecule has 2 aromatic rings. The summed E-state index contributed by atoms with van der Waals surface area (Å²) in [5.74, 6) is 7.31. The van der Waals surface area contributed by atoms with Crippen molar-refractivity contribution < 1.29 is 9.47 Å². The predicted molar refractivity (Wildman–Crippen MR) is 82.2 cm³/mol. The summed E-state index contributed by atoms with van der Waals surface area (Å²) in [6.07, 6.45) is 0.840. The SMILES string of the molecule is CCc1cccc(C(NN)C2COc3ccccc3O2)c1. The Bertz CT molecular complexity index is 615. The van der Waals surface area contributed by atoms with Crippen molar-refractivity contribution in [2.75, 3.05) is 6.61 Å². The summed E-state index contributed by atoms with van der Waals surface area (Å²) in [5.41, 5.74) is 5.26. The van der Waals surface area contributed by atoms with E-state index in [0.717, 1.165) is 23.5 Å². The van der Waals surface area contributed by atoms with E-state index in [1.54, 1.807) is 0 Å². The lowest BCUT2D eigenvalue weighted by Gasteiger charge is -2.32. The first-order chi connectivity index (χ1) is 10.3. The van der Waals surface area contributed by atoms with Gasteiger partial charge in [0, 0.05) is 0 Å². The van der Waals surface area contributed by atoms with Crippen molar-refractivity contribution in [3.05, 3.63) is 59.7 Å². The van der Waals surface area contributed by atoms with Gasteiger partial charge in [-0.1, -0.05) is 43.3 Å². The maximum absolute atomic E-state index is 6.05. The van der Waals surface area contributed by atoms with Gasteiger partial charge in [-0.25, -0.2) is 5.43 Å². The summed E-state index contributed by atoms with van der Waals surface area (Å²) in [5, 5.41) is 0. The van der Waals surface area contributed by atoms with Crippen LogP contribution in [-0.2, 0) is 6.42 Å². The van der Waals surface area contributed by atoms with E-state index in [2.05, 4.69) is 36.6 Å². The van der Waals surface area contributed by atoms with E-state index in [1.807, 2.05) is 24.3 Å². The lowest BCUT2D eigenvalue weighted by molar-refractivity contribution is 0.0617. The minimum atomic E-state index is -0.156. The van der Waals surface area contributed by atoms with Crippen LogP contribution >= 0.6 is 0 Å². The third-order valence-electron chi connectivity index (χ3n) is 3.80. The molecule has 0 spiro atoms. The average Bonchev–Trinajstić information content (AvgIpc) is 2.56. The van der Waals surface area contributed by atoms with E-state index in [4.69, 9.17) is 15.3 Å². The third-order valence-corrected chi connectivity index (χ3v) is 3.80.